The summed E-state index contributed by atoms with van der Waals surface area (Å²) >= 11 is 0. The number of amides is 1. The van der Waals surface area contributed by atoms with Crippen LogP contribution in [0.3, 0.4) is 0 Å². The predicted octanol–water partition coefficient (Wildman–Crippen LogP) is 0.690. The van der Waals surface area contributed by atoms with E-state index in [0.717, 1.165) is 6.42 Å². The topological polar surface area (TPSA) is 49.8 Å². The van der Waals surface area contributed by atoms with Gasteiger partial charge in [-0.3, -0.25) is 4.89 Å². The van der Waals surface area contributed by atoms with Gasteiger partial charge in [0.15, 0.2) is 0 Å². The zero-order chi connectivity index (χ0) is 6.85. The van der Waals surface area contributed by atoms with Crippen molar-refractivity contribution in [1.29, 1.82) is 0 Å². The van der Waals surface area contributed by atoms with Crippen LogP contribution in [0.2, 0.25) is 0 Å². The fourth-order valence-corrected chi connectivity index (χ4v) is 0.840. The minimum absolute atomic E-state index is 0.227. The van der Waals surface area contributed by atoms with Crippen molar-refractivity contribution >= 4 is 6.09 Å². The van der Waals surface area contributed by atoms with E-state index >= 15 is 0 Å². The molecule has 0 aromatic carbocycles. The molecule has 0 aromatic heterocycles. The summed E-state index contributed by atoms with van der Waals surface area (Å²) in [4.78, 5) is 15.4. The number of likely N-dealkylation sites (tertiary alicyclic amines) is 1. The predicted molar refractivity (Wildman–Crippen MR) is 29.9 cm³/mol. The molecule has 1 rings (SSSR count). The molecule has 1 atom stereocenters. The van der Waals surface area contributed by atoms with Crippen molar-refractivity contribution in [2.45, 2.75) is 19.4 Å². The van der Waals surface area contributed by atoms with Gasteiger partial charge in [-0.25, -0.2) is 4.79 Å². The lowest BCUT2D eigenvalue weighted by atomic mass is 10.1. The maximum Gasteiger partial charge on any atom is 0.441 e. The fraction of sp³-hybridized carbons (Fsp3) is 0.800. The monoisotopic (exact) mass is 131 g/mol. The fourth-order valence-electron chi connectivity index (χ4n) is 0.840. The first kappa shape index (κ1) is 6.35. The van der Waals surface area contributed by atoms with Crippen LogP contribution in [0.1, 0.15) is 13.3 Å². The Morgan fingerprint density at radius 3 is 2.67 bits per heavy atom. The molecule has 4 nitrogen and oxygen atoms in total. The van der Waals surface area contributed by atoms with Gasteiger partial charge in [-0.05, 0) is 13.3 Å². The molecule has 0 spiro atoms. The molecule has 52 valence electrons. The van der Waals surface area contributed by atoms with Gasteiger partial charge >= 0.3 is 6.09 Å². The molecule has 1 saturated heterocycles. The highest BCUT2D eigenvalue weighted by atomic mass is 17.1. The highest BCUT2D eigenvalue weighted by Crippen LogP contribution is 2.16. The first-order chi connectivity index (χ1) is 4.25. The van der Waals surface area contributed by atoms with Crippen molar-refractivity contribution in [3.63, 3.8) is 0 Å². The number of hydrogen-bond acceptors (Lipinski definition) is 3. The van der Waals surface area contributed by atoms with E-state index in [-0.39, 0.29) is 6.04 Å². The molecule has 1 N–H and O–H groups in total. The minimum atomic E-state index is -0.645. The molecule has 4 heteroatoms. The van der Waals surface area contributed by atoms with Crippen LogP contribution in [0.4, 0.5) is 4.79 Å². The Morgan fingerprint density at radius 2 is 2.56 bits per heavy atom. The van der Waals surface area contributed by atoms with Crippen molar-refractivity contribution in [3.8, 4) is 0 Å². The molecular weight excluding hydrogens is 122 g/mol. The molecular formula is C5H9NO3. The van der Waals surface area contributed by atoms with E-state index in [1.54, 1.807) is 0 Å². The van der Waals surface area contributed by atoms with Crippen LogP contribution in [0, 0.1) is 0 Å². The van der Waals surface area contributed by atoms with Crippen LogP contribution in [0.15, 0.2) is 0 Å². The van der Waals surface area contributed by atoms with Crippen molar-refractivity contribution in [2.24, 2.45) is 0 Å². The van der Waals surface area contributed by atoms with E-state index in [4.69, 9.17) is 5.26 Å². The molecule has 0 aromatic rings. The van der Waals surface area contributed by atoms with Gasteiger partial charge in [0.1, 0.15) is 0 Å². The van der Waals surface area contributed by atoms with Crippen LogP contribution in [0.5, 0.6) is 0 Å². The third-order valence-electron chi connectivity index (χ3n) is 1.63. The highest BCUT2D eigenvalue weighted by molar-refractivity contribution is 5.68. The van der Waals surface area contributed by atoms with E-state index in [2.05, 4.69) is 4.89 Å². The van der Waals surface area contributed by atoms with E-state index < -0.39 is 6.09 Å². The lowest BCUT2D eigenvalue weighted by Crippen LogP contribution is -2.49. The largest absolute Gasteiger partial charge is 0.441 e. The second-order valence-corrected chi connectivity index (χ2v) is 2.19. The van der Waals surface area contributed by atoms with Gasteiger partial charge in [0.05, 0.1) is 0 Å². The molecule has 1 aliphatic heterocycles. The van der Waals surface area contributed by atoms with Crippen LogP contribution in [-0.4, -0.2) is 28.8 Å². The highest BCUT2D eigenvalue weighted by Gasteiger charge is 2.29. The van der Waals surface area contributed by atoms with Gasteiger partial charge in [-0.1, -0.05) is 0 Å². The molecule has 0 radical (unpaired) electrons. The maximum absolute atomic E-state index is 10.5. The zero-order valence-electron chi connectivity index (χ0n) is 5.20. The lowest BCUT2D eigenvalue weighted by Gasteiger charge is -2.36. The van der Waals surface area contributed by atoms with Crippen molar-refractivity contribution < 1.29 is 14.9 Å². The molecule has 0 bridgehead atoms. The van der Waals surface area contributed by atoms with Gasteiger partial charge in [0.25, 0.3) is 0 Å². The third kappa shape index (κ3) is 0.977. The Kier molecular flexibility index (Phi) is 1.57. The standard InChI is InChI=1S/C5H9NO3/c1-4-2-3-6(4)5(7)9-8/h4,8H,2-3H2,1H3. The van der Waals surface area contributed by atoms with Crippen molar-refractivity contribution in [3.05, 3.63) is 0 Å². The Labute approximate surface area is 53.0 Å². The molecule has 0 saturated carbocycles. The quantitative estimate of drug-likeness (QED) is 0.388. The van der Waals surface area contributed by atoms with E-state index in [0.29, 0.717) is 6.54 Å². The first-order valence-electron chi connectivity index (χ1n) is 2.87. The Bertz CT molecular complexity index is 125. The molecule has 1 unspecified atom stereocenters. The normalized spacial score (nSPS) is 25.1. The summed E-state index contributed by atoms with van der Waals surface area (Å²) in [5.74, 6) is 0. The Morgan fingerprint density at radius 1 is 1.89 bits per heavy atom. The second-order valence-electron chi connectivity index (χ2n) is 2.19. The smallest absolute Gasteiger partial charge is 0.303 e. The minimum Gasteiger partial charge on any atom is -0.303 e. The molecule has 9 heavy (non-hydrogen) atoms. The number of hydrogen-bond donors (Lipinski definition) is 1. The summed E-state index contributed by atoms with van der Waals surface area (Å²) in [7, 11) is 0. The average molecular weight is 131 g/mol. The van der Waals surface area contributed by atoms with Gasteiger partial charge in [0, 0.05) is 12.6 Å². The number of carbonyl (C=O) groups excluding carboxylic acids is 1. The molecule has 1 heterocycles. The lowest BCUT2D eigenvalue weighted by molar-refractivity contribution is -0.194. The Hall–Kier alpha value is -0.770. The van der Waals surface area contributed by atoms with Gasteiger partial charge in [-0.15, -0.1) is 0 Å². The van der Waals surface area contributed by atoms with Gasteiger partial charge < -0.3 is 4.90 Å². The Balaban J connectivity index is 2.35. The second kappa shape index (κ2) is 2.23. The van der Waals surface area contributed by atoms with Crippen LogP contribution in [-0.2, 0) is 4.89 Å². The van der Waals surface area contributed by atoms with Crippen molar-refractivity contribution in [1.82, 2.24) is 4.90 Å². The molecule has 1 fully saturated rings. The summed E-state index contributed by atoms with van der Waals surface area (Å²) in [6.45, 7) is 2.60. The molecule has 1 aliphatic rings. The summed E-state index contributed by atoms with van der Waals surface area (Å²) < 4.78 is 0. The third-order valence-corrected chi connectivity index (χ3v) is 1.63. The number of carbonyl (C=O) groups is 1. The van der Waals surface area contributed by atoms with Gasteiger partial charge in [-0.2, -0.15) is 5.26 Å². The van der Waals surface area contributed by atoms with Crippen LogP contribution in [0.25, 0.3) is 0 Å². The SMILES string of the molecule is CC1CCN1C(=O)OO. The number of nitrogens with zero attached hydrogens (tertiary/aromatic N) is 1. The van der Waals surface area contributed by atoms with E-state index in [1.165, 1.54) is 4.90 Å². The summed E-state index contributed by atoms with van der Waals surface area (Å²) in [6, 6.07) is 0.227. The van der Waals surface area contributed by atoms with Gasteiger partial charge in [0.2, 0.25) is 0 Å². The first-order valence-corrected chi connectivity index (χ1v) is 2.87. The summed E-state index contributed by atoms with van der Waals surface area (Å²) in [5, 5.41) is 7.90. The molecule has 1 amide bonds. The maximum atomic E-state index is 10.5. The average Bonchev–Trinajstić information content (AvgIpc) is 1.84. The zero-order valence-corrected chi connectivity index (χ0v) is 5.20. The van der Waals surface area contributed by atoms with E-state index in [1.807, 2.05) is 6.92 Å². The van der Waals surface area contributed by atoms with Crippen molar-refractivity contribution in [2.75, 3.05) is 6.54 Å². The molecule has 0 aliphatic carbocycles. The van der Waals surface area contributed by atoms with E-state index in [9.17, 15) is 4.79 Å². The summed E-state index contributed by atoms with van der Waals surface area (Å²) in [6.07, 6.45) is 0.350. The summed E-state index contributed by atoms with van der Waals surface area (Å²) in [5.41, 5.74) is 0. The van der Waals surface area contributed by atoms with Crippen LogP contribution < -0.4 is 0 Å². The number of rotatable bonds is 0. The van der Waals surface area contributed by atoms with Crippen LogP contribution >= 0.6 is 0 Å².